The summed E-state index contributed by atoms with van der Waals surface area (Å²) >= 11 is 6.28. The number of hydrogen-bond donors (Lipinski definition) is 1. The lowest BCUT2D eigenvalue weighted by Crippen LogP contribution is -2.31. The van der Waals surface area contributed by atoms with Crippen LogP contribution in [0.4, 0.5) is 0 Å². The van der Waals surface area contributed by atoms with Crippen LogP contribution in [0.5, 0.6) is 5.88 Å². The Morgan fingerprint density at radius 1 is 1.10 bits per heavy atom. The van der Waals surface area contributed by atoms with Gasteiger partial charge in [-0.1, -0.05) is 45.2 Å². The topological polar surface area (TPSA) is 121 Å². The maximum atomic E-state index is 12.8. The number of hydrogen-bond acceptors (Lipinski definition) is 7. The van der Waals surface area contributed by atoms with E-state index >= 15 is 0 Å². The quantitative estimate of drug-likeness (QED) is 0.194. The second kappa shape index (κ2) is 11.8. The summed E-state index contributed by atoms with van der Waals surface area (Å²) in [5, 5.41) is 8.17. The molecule has 2 saturated carbocycles. The van der Waals surface area contributed by atoms with Crippen LogP contribution in [-0.4, -0.2) is 45.5 Å². The summed E-state index contributed by atoms with van der Waals surface area (Å²) in [6.07, 6.45) is 13.8. The van der Waals surface area contributed by atoms with E-state index in [1.807, 2.05) is 4.72 Å². The van der Waals surface area contributed by atoms with Gasteiger partial charge in [0.25, 0.3) is 15.9 Å². The maximum absolute atomic E-state index is 12.8. The van der Waals surface area contributed by atoms with Crippen molar-refractivity contribution >= 4 is 27.5 Å². The van der Waals surface area contributed by atoms with Crippen molar-refractivity contribution in [3.05, 3.63) is 47.4 Å². The third-order valence-electron chi connectivity index (χ3n) is 8.38. The molecule has 2 aliphatic rings. The highest BCUT2D eigenvalue weighted by molar-refractivity contribution is 7.90. The van der Waals surface area contributed by atoms with E-state index in [0.29, 0.717) is 35.7 Å². The smallest absolute Gasteiger partial charge is 0.283 e. The Balaban J connectivity index is 1.12. The van der Waals surface area contributed by atoms with Crippen molar-refractivity contribution in [3.8, 4) is 11.7 Å². The second-order valence-electron chi connectivity index (χ2n) is 12.6. The monoisotopic (exact) mass is 602 g/mol. The number of sulfonamides is 1. The molecule has 5 rings (SSSR count). The zero-order chi connectivity index (χ0) is 29.3. The molecule has 1 N–H and O–H groups in total. The Bertz CT molecular complexity index is 1490. The van der Waals surface area contributed by atoms with Crippen LogP contribution in [0, 0.1) is 16.7 Å². The van der Waals surface area contributed by atoms with Gasteiger partial charge in [0, 0.05) is 25.0 Å². The van der Waals surface area contributed by atoms with E-state index in [0.717, 1.165) is 25.2 Å². The maximum Gasteiger partial charge on any atom is 0.283 e. The molecule has 222 valence electrons. The Morgan fingerprint density at radius 2 is 1.90 bits per heavy atom. The summed E-state index contributed by atoms with van der Waals surface area (Å²) in [7, 11) is -4.19. The van der Waals surface area contributed by atoms with Gasteiger partial charge in [-0.3, -0.25) is 9.48 Å². The lowest BCUT2D eigenvalue weighted by Gasteiger charge is -2.16. The molecule has 3 aromatic rings. The minimum Gasteiger partial charge on any atom is -0.477 e. The molecule has 1 amide bonds. The number of nitrogens with one attached hydrogen (secondary N) is 1. The fourth-order valence-corrected chi connectivity index (χ4v) is 6.62. The van der Waals surface area contributed by atoms with Gasteiger partial charge in [-0.25, -0.2) is 14.4 Å². The zero-order valence-electron chi connectivity index (χ0n) is 24.0. The average molecular weight is 603 g/mol. The molecule has 10 nitrogen and oxygen atoms in total. The Labute approximate surface area is 246 Å². The highest BCUT2D eigenvalue weighted by Crippen LogP contribution is 2.48. The van der Waals surface area contributed by atoms with Crippen molar-refractivity contribution < 1.29 is 17.9 Å². The van der Waals surface area contributed by atoms with E-state index in [9.17, 15) is 13.2 Å². The zero-order valence-corrected chi connectivity index (χ0v) is 25.5. The van der Waals surface area contributed by atoms with Gasteiger partial charge < -0.3 is 4.74 Å². The van der Waals surface area contributed by atoms with Gasteiger partial charge in [0.2, 0.25) is 5.88 Å². The van der Waals surface area contributed by atoms with E-state index in [4.69, 9.17) is 16.3 Å². The number of rotatable bonds is 13. The minimum atomic E-state index is -4.19. The minimum absolute atomic E-state index is 0.0742. The second-order valence-corrected chi connectivity index (χ2v) is 14.6. The predicted octanol–water partition coefficient (Wildman–Crippen LogP) is 5.80. The number of aryl methyl sites for hydroxylation is 1. The molecule has 41 heavy (non-hydrogen) atoms. The third kappa shape index (κ3) is 7.68. The van der Waals surface area contributed by atoms with Crippen molar-refractivity contribution in [1.82, 2.24) is 29.3 Å². The van der Waals surface area contributed by atoms with Crippen LogP contribution < -0.4 is 9.46 Å². The lowest BCUT2D eigenvalue weighted by atomic mass is 9.89. The molecule has 0 spiro atoms. The predicted molar refractivity (Wildman–Crippen MR) is 156 cm³/mol. The molecule has 2 aliphatic carbocycles. The number of unbranched alkanes of at least 4 members (excludes halogenated alkanes) is 1. The van der Waals surface area contributed by atoms with Crippen LogP contribution in [0.1, 0.15) is 88.9 Å². The summed E-state index contributed by atoms with van der Waals surface area (Å²) < 4.78 is 36.6. The van der Waals surface area contributed by atoms with E-state index in [-0.39, 0.29) is 15.7 Å². The first kappa shape index (κ1) is 29.6. The number of aromatic nitrogens is 5. The molecule has 0 aliphatic heterocycles. The summed E-state index contributed by atoms with van der Waals surface area (Å²) in [6, 6.07) is 6.07. The molecule has 12 heteroatoms. The molecule has 2 fully saturated rings. The van der Waals surface area contributed by atoms with Crippen LogP contribution in [0.25, 0.3) is 5.82 Å². The van der Waals surface area contributed by atoms with Gasteiger partial charge in [0.15, 0.2) is 10.8 Å². The van der Waals surface area contributed by atoms with Crippen LogP contribution in [0.2, 0.25) is 5.15 Å². The SMILES string of the molecule is CC1(C)CCC(CCCCn2ccc(S(=O)(=O)NC(=O)c3ccc(-n4ccc(OCCC5(C)CC5)n4)nc3Cl)n2)C1. The standard InChI is InChI=1S/C29H39ClN6O4S/c1-28(2)12-9-21(20-28)6-4-5-16-35-17-11-25(33-35)41(38,39)34-27(37)22-7-8-23(31-26(22)30)36-18-10-24(32-36)40-19-15-29(3)13-14-29/h7-8,10-11,17-18,21H,4-6,9,12-16,19-20H2,1-3H3,(H,34,37). The van der Waals surface area contributed by atoms with Gasteiger partial charge in [-0.15, -0.1) is 5.10 Å². The van der Waals surface area contributed by atoms with Crippen molar-refractivity contribution in [3.63, 3.8) is 0 Å². The number of carbonyl (C=O) groups is 1. The number of ether oxygens (including phenoxy) is 1. The molecule has 0 radical (unpaired) electrons. The Morgan fingerprint density at radius 3 is 2.61 bits per heavy atom. The molecular weight excluding hydrogens is 564 g/mol. The van der Waals surface area contributed by atoms with Crippen molar-refractivity contribution in [2.45, 2.75) is 90.1 Å². The Kier molecular flexibility index (Phi) is 8.48. The van der Waals surface area contributed by atoms with Gasteiger partial charge in [0.05, 0.1) is 12.2 Å². The van der Waals surface area contributed by atoms with Crippen LogP contribution in [0.3, 0.4) is 0 Å². The largest absolute Gasteiger partial charge is 0.477 e. The van der Waals surface area contributed by atoms with E-state index in [1.165, 1.54) is 61.4 Å². The van der Waals surface area contributed by atoms with Crippen molar-refractivity contribution in [2.75, 3.05) is 6.61 Å². The Hall–Kier alpha value is -2.92. The van der Waals surface area contributed by atoms with E-state index in [1.54, 1.807) is 23.1 Å². The molecule has 0 bridgehead atoms. The lowest BCUT2D eigenvalue weighted by molar-refractivity contribution is 0.0981. The summed E-state index contributed by atoms with van der Waals surface area (Å²) in [5.74, 6) is 0.730. The number of halogens is 1. The first-order valence-electron chi connectivity index (χ1n) is 14.4. The molecule has 1 unspecified atom stereocenters. The molecule has 3 heterocycles. The summed E-state index contributed by atoms with van der Waals surface area (Å²) in [4.78, 5) is 17.0. The van der Waals surface area contributed by atoms with Crippen molar-refractivity contribution in [2.24, 2.45) is 16.7 Å². The van der Waals surface area contributed by atoms with Gasteiger partial charge in [0.1, 0.15) is 5.15 Å². The van der Waals surface area contributed by atoms with Gasteiger partial charge >= 0.3 is 0 Å². The van der Waals surface area contributed by atoms with E-state index < -0.39 is 15.9 Å². The molecule has 1 atom stereocenters. The summed E-state index contributed by atoms with van der Waals surface area (Å²) in [5.41, 5.74) is 0.776. The van der Waals surface area contributed by atoms with Crippen molar-refractivity contribution in [1.29, 1.82) is 0 Å². The molecule has 3 aromatic heterocycles. The molecule has 0 aromatic carbocycles. The average Bonchev–Trinajstić information content (AvgIpc) is 3.28. The first-order chi connectivity index (χ1) is 19.4. The molecule has 0 saturated heterocycles. The van der Waals surface area contributed by atoms with Crippen LogP contribution in [0.15, 0.2) is 41.7 Å². The fraction of sp³-hybridized carbons (Fsp3) is 0.586. The number of carbonyl (C=O) groups excluding carboxylic acids is 1. The fourth-order valence-electron chi connectivity index (χ4n) is 5.47. The van der Waals surface area contributed by atoms with Gasteiger partial charge in [-0.2, -0.15) is 13.5 Å². The molecular formula is C29H39ClN6O4S. The highest BCUT2D eigenvalue weighted by Gasteiger charge is 2.36. The van der Waals surface area contributed by atoms with Gasteiger partial charge in [-0.05, 0) is 79.9 Å². The third-order valence-corrected chi connectivity index (χ3v) is 9.89. The highest BCUT2D eigenvalue weighted by atomic mass is 35.5. The van der Waals surface area contributed by atoms with Crippen LogP contribution >= 0.6 is 11.6 Å². The first-order valence-corrected chi connectivity index (χ1v) is 16.2. The summed E-state index contributed by atoms with van der Waals surface area (Å²) in [6.45, 7) is 8.12. The number of pyridine rings is 1. The number of nitrogens with zero attached hydrogens (tertiary/aromatic N) is 5. The van der Waals surface area contributed by atoms with E-state index in [2.05, 4.69) is 36.0 Å². The number of amides is 1. The normalized spacial score (nSPS) is 19.3. The van der Waals surface area contributed by atoms with Crippen LogP contribution in [-0.2, 0) is 16.6 Å².